The van der Waals surface area contributed by atoms with Gasteiger partial charge in [-0.25, -0.2) is 4.98 Å². The number of aliphatic imine (C=N–C) groups is 1. The zero-order chi connectivity index (χ0) is 17.4. The monoisotopic (exact) mass is 455 g/mol. The van der Waals surface area contributed by atoms with Crippen LogP contribution >= 0.6 is 24.0 Å². The number of hydrogen-bond donors (Lipinski definition) is 2. The van der Waals surface area contributed by atoms with Gasteiger partial charge in [-0.3, -0.25) is 4.99 Å². The summed E-state index contributed by atoms with van der Waals surface area (Å²) in [4.78, 5) is 8.74. The highest BCUT2D eigenvalue weighted by molar-refractivity contribution is 14.0. The minimum atomic E-state index is 0. The number of rotatable bonds is 7. The van der Waals surface area contributed by atoms with Crippen LogP contribution < -0.4 is 10.6 Å². The van der Waals surface area contributed by atoms with Gasteiger partial charge in [0.2, 0.25) is 0 Å². The van der Waals surface area contributed by atoms with Crippen LogP contribution in [0.2, 0.25) is 0 Å². The maximum atomic E-state index is 4.44. The summed E-state index contributed by atoms with van der Waals surface area (Å²) in [6.45, 7) is 9.12. The summed E-state index contributed by atoms with van der Waals surface area (Å²) < 4.78 is 2.19. The molecule has 2 N–H and O–H groups in total. The van der Waals surface area contributed by atoms with Gasteiger partial charge in [0.25, 0.3) is 0 Å². The van der Waals surface area contributed by atoms with Crippen molar-refractivity contribution in [3.63, 3.8) is 0 Å². The molecule has 0 saturated carbocycles. The smallest absolute Gasteiger partial charge is 0.191 e. The Morgan fingerprint density at radius 3 is 2.52 bits per heavy atom. The van der Waals surface area contributed by atoms with Gasteiger partial charge in [-0.2, -0.15) is 0 Å². The molecule has 6 heteroatoms. The fourth-order valence-corrected chi connectivity index (χ4v) is 2.60. The molecule has 0 amide bonds. The van der Waals surface area contributed by atoms with E-state index in [1.165, 1.54) is 5.56 Å². The van der Waals surface area contributed by atoms with Crippen molar-refractivity contribution in [2.45, 2.75) is 39.8 Å². The molecule has 0 radical (unpaired) electrons. The molecule has 2 rings (SSSR count). The fraction of sp³-hybridized carbons (Fsp3) is 0.474. The molecule has 1 aromatic carbocycles. The van der Waals surface area contributed by atoms with Crippen molar-refractivity contribution >= 4 is 29.9 Å². The highest BCUT2D eigenvalue weighted by atomic mass is 127. The van der Waals surface area contributed by atoms with Crippen molar-refractivity contribution in [1.82, 2.24) is 20.2 Å². The number of benzene rings is 1. The van der Waals surface area contributed by atoms with E-state index in [1.54, 1.807) is 7.05 Å². The van der Waals surface area contributed by atoms with Crippen LogP contribution in [0.4, 0.5) is 0 Å². The first-order valence-electron chi connectivity index (χ1n) is 8.59. The molecule has 0 bridgehead atoms. The van der Waals surface area contributed by atoms with E-state index in [-0.39, 0.29) is 24.0 Å². The lowest BCUT2D eigenvalue weighted by Crippen LogP contribution is -2.39. The summed E-state index contributed by atoms with van der Waals surface area (Å²) in [6.07, 6.45) is 3.89. The summed E-state index contributed by atoms with van der Waals surface area (Å²) in [5.41, 5.74) is 1.33. The zero-order valence-electron chi connectivity index (χ0n) is 15.6. The lowest BCUT2D eigenvalue weighted by molar-refractivity contribution is 0.503. The van der Waals surface area contributed by atoms with E-state index in [9.17, 15) is 0 Å². The van der Waals surface area contributed by atoms with Crippen molar-refractivity contribution in [3.05, 3.63) is 54.1 Å². The van der Waals surface area contributed by atoms with Gasteiger partial charge in [0, 0.05) is 32.5 Å². The van der Waals surface area contributed by atoms with E-state index in [1.807, 2.05) is 18.5 Å². The second-order valence-electron chi connectivity index (χ2n) is 6.51. The van der Waals surface area contributed by atoms with Crippen LogP contribution in [0.25, 0.3) is 0 Å². The molecule has 2 aromatic rings. The van der Waals surface area contributed by atoms with E-state index in [0.717, 1.165) is 24.9 Å². The van der Waals surface area contributed by atoms with Crippen molar-refractivity contribution in [2.75, 3.05) is 13.6 Å². The summed E-state index contributed by atoms with van der Waals surface area (Å²) in [6, 6.07) is 10.5. The highest BCUT2D eigenvalue weighted by Crippen LogP contribution is 2.12. The molecular formula is C19H30IN5. The number of halogens is 1. The van der Waals surface area contributed by atoms with Gasteiger partial charge in [0.15, 0.2) is 5.96 Å². The first-order chi connectivity index (χ1) is 11.6. The van der Waals surface area contributed by atoms with Gasteiger partial charge in [0.1, 0.15) is 5.82 Å². The molecule has 0 spiro atoms. The average molecular weight is 455 g/mol. The number of hydrogen-bond acceptors (Lipinski definition) is 2. The number of guanidine groups is 1. The molecule has 0 aliphatic heterocycles. The van der Waals surface area contributed by atoms with Gasteiger partial charge in [-0.05, 0) is 17.4 Å². The van der Waals surface area contributed by atoms with Gasteiger partial charge in [-0.1, -0.05) is 51.1 Å². The van der Waals surface area contributed by atoms with Crippen LogP contribution in [0, 0.1) is 5.92 Å². The molecule has 0 fully saturated rings. The maximum absolute atomic E-state index is 4.44. The molecule has 0 saturated heterocycles. The van der Waals surface area contributed by atoms with Crippen molar-refractivity contribution in [2.24, 2.45) is 10.9 Å². The molecule has 1 atom stereocenters. The molecule has 1 unspecified atom stereocenters. The van der Waals surface area contributed by atoms with E-state index < -0.39 is 0 Å². The Balaban J connectivity index is 0.00000312. The number of nitrogens with zero attached hydrogens (tertiary/aromatic N) is 3. The van der Waals surface area contributed by atoms with Gasteiger partial charge >= 0.3 is 0 Å². The normalized spacial score (nSPS) is 12.6. The molecule has 25 heavy (non-hydrogen) atoms. The van der Waals surface area contributed by atoms with Gasteiger partial charge < -0.3 is 15.2 Å². The molecule has 0 aliphatic carbocycles. The molecule has 138 valence electrons. The van der Waals surface area contributed by atoms with E-state index in [2.05, 4.69) is 70.2 Å². The predicted octanol–water partition coefficient (Wildman–Crippen LogP) is 3.63. The molecule has 1 aromatic heterocycles. The Labute approximate surface area is 168 Å². The predicted molar refractivity (Wildman–Crippen MR) is 116 cm³/mol. The van der Waals surface area contributed by atoms with E-state index in [4.69, 9.17) is 0 Å². The van der Waals surface area contributed by atoms with E-state index >= 15 is 0 Å². The van der Waals surface area contributed by atoms with Crippen molar-refractivity contribution < 1.29 is 0 Å². The lowest BCUT2D eigenvalue weighted by Gasteiger charge is -2.17. The first kappa shape index (κ1) is 21.5. The number of imidazole rings is 1. The van der Waals surface area contributed by atoms with Crippen LogP contribution in [0.3, 0.4) is 0 Å². The summed E-state index contributed by atoms with van der Waals surface area (Å²) in [5, 5.41) is 6.74. The Kier molecular flexibility index (Phi) is 9.55. The maximum Gasteiger partial charge on any atom is 0.191 e. The van der Waals surface area contributed by atoms with Crippen LogP contribution in [0.15, 0.2) is 47.7 Å². The largest absolute Gasteiger partial charge is 0.356 e. The molecule has 1 heterocycles. The number of nitrogens with one attached hydrogen (secondary N) is 2. The Bertz CT molecular complexity index is 636. The lowest BCUT2D eigenvalue weighted by atomic mass is 10.0. The number of aromatic nitrogens is 2. The Morgan fingerprint density at radius 2 is 1.88 bits per heavy atom. The third-order valence-electron chi connectivity index (χ3n) is 3.95. The topological polar surface area (TPSA) is 54.2 Å². The zero-order valence-corrected chi connectivity index (χ0v) is 17.9. The standard InChI is InChI=1S/C19H29N5.HI/c1-15(2)14-24-11-10-21-18(24)13-23-19(20-4)22-12-16(3)17-8-6-5-7-9-17;/h5-11,15-16H,12-14H2,1-4H3,(H2,20,22,23);1H. The second-order valence-corrected chi connectivity index (χ2v) is 6.51. The van der Waals surface area contributed by atoms with Crippen LogP contribution in [0.5, 0.6) is 0 Å². The summed E-state index contributed by atoms with van der Waals surface area (Å²) in [5.74, 6) is 2.86. The molecule has 0 aliphatic rings. The fourth-order valence-electron chi connectivity index (χ4n) is 2.60. The van der Waals surface area contributed by atoms with Gasteiger partial charge in [-0.15, -0.1) is 24.0 Å². The van der Waals surface area contributed by atoms with Crippen LogP contribution in [0.1, 0.15) is 38.1 Å². The Hall–Kier alpha value is -1.57. The quantitative estimate of drug-likeness (QED) is 0.381. The average Bonchev–Trinajstić information content (AvgIpc) is 3.02. The van der Waals surface area contributed by atoms with Crippen LogP contribution in [-0.4, -0.2) is 29.1 Å². The second kappa shape index (κ2) is 11.1. The molecule has 5 nitrogen and oxygen atoms in total. The minimum absolute atomic E-state index is 0. The van der Waals surface area contributed by atoms with Gasteiger partial charge in [0.05, 0.1) is 6.54 Å². The van der Waals surface area contributed by atoms with Crippen molar-refractivity contribution in [1.29, 1.82) is 0 Å². The summed E-state index contributed by atoms with van der Waals surface area (Å²) >= 11 is 0. The Morgan fingerprint density at radius 1 is 1.16 bits per heavy atom. The van der Waals surface area contributed by atoms with E-state index in [0.29, 0.717) is 18.4 Å². The molecular weight excluding hydrogens is 425 g/mol. The third-order valence-corrected chi connectivity index (χ3v) is 3.95. The minimum Gasteiger partial charge on any atom is -0.356 e. The summed E-state index contributed by atoms with van der Waals surface area (Å²) in [7, 11) is 1.79. The van der Waals surface area contributed by atoms with Crippen molar-refractivity contribution in [3.8, 4) is 0 Å². The first-order valence-corrected chi connectivity index (χ1v) is 8.59. The SMILES string of the molecule is CN=C(NCc1nccn1CC(C)C)NCC(C)c1ccccc1.I. The third kappa shape index (κ3) is 7.05. The highest BCUT2D eigenvalue weighted by Gasteiger charge is 2.08. The van der Waals surface area contributed by atoms with Crippen LogP contribution in [-0.2, 0) is 13.1 Å².